The van der Waals surface area contributed by atoms with Crippen molar-refractivity contribution in [2.75, 3.05) is 39.9 Å². The largest absolute Gasteiger partial charge is 0.381 e. The molecule has 0 aromatic rings. The van der Waals surface area contributed by atoms with Crippen LogP contribution in [0.5, 0.6) is 0 Å². The number of piperidine rings is 1. The topological polar surface area (TPSA) is 24.5 Å². The summed E-state index contributed by atoms with van der Waals surface area (Å²) in [5.74, 6) is 1.59. The molecule has 3 nitrogen and oxygen atoms in total. The maximum absolute atomic E-state index is 5.40. The lowest BCUT2D eigenvalue weighted by atomic mass is 9.91. The molecule has 3 atom stereocenters. The first-order valence-electron chi connectivity index (χ1n) is 6.75. The summed E-state index contributed by atoms with van der Waals surface area (Å²) in [6, 6.07) is 0.656. The highest BCUT2D eigenvalue weighted by molar-refractivity contribution is 4.80. The van der Waals surface area contributed by atoms with E-state index in [2.05, 4.69) is 24.2 Å². The minimum Gasteiger partial charge on any atom is -0.381 e. The fraction of sp³-hybridized carbons (Fsp3) is 1.00. The van der Waals surface area contributed by atoms with E-state index in [1.54, 1.807) is 0 Å². The Bertz CT molecular complexity index is 204. The maximum Gasteiger partial charge on any atom is 0.0507 e. The summed E-state index contributed by atoms with van der Waals surface area (Å²) < 4.78 is 5.40. The van der Waals surface area contributed by atoms with Crippen LogP contribution in [0.3, 0.4) is 0 Å². The van der Waals surface area contributed by atoms with Gasteiger partial charge in [-0.2, -0.15) is 0 Å². The van der Waals surface area contributed by atoms with Gasteiger partial charge in [-0.1, -0.05) is 0 Å². The minimum absolute atomic E-state index is 0.656. The number of likely N-dealkylation sites (tertiary alicyclic amines) is 1. The second-order valence-corrected chi connectivity index (χ2v) is 5.59. The minimum atomic E-state index is 0.656. The molecule has 0 radical (unpaired) electrons. The second kappa shape index (κ2) is 5.99. The van der Waals surface area contributed by atoms with Gasteiger partial charge in [0.1, 0.15) is 0 Å². The highest BCUT2D eigenvalue weighted by Crippen LogP contribution is 2.19. The summed E-state index contributed by atoms with van der Waals surface area (Å²) in [5, 5.41) is 3.71. The molecule has 2 aliphatic rings. The number of ether oxygens (including phenoxy) is 1. The van der Waals surface area contributed by atoms with Crippen molar-refractivity contribution in [2.45, 2.75) is 32.2 Å². The first-order valence-corrected chi connectivity index (χ1v) is 6.75. The molecule has 16 heavy (non-hydrogen) atoms. The Kier molecular flexibility index (Phi) is 4.62. The van der Waals surface area contributed by atoms with E-state index in [1.807, 2.05) is 0 Å². The molecule has 2 heterocycles. The molecule has 94 valence electrons. The Morgan fingerprint density at radius 2 is 2.31 bits per heavy atom. The zero-order valence-electron chi connectivity index (χ0n) is 10.7. The molecule has 0 spiro atoms. The van der Waals surface area contributed by atoms with Gasteiger partial charge >= 0.3 is 0 Å². The third-order valence-electron chi connectivity index (χ3n) is 4.12. The molecule has 2 saturated heterocycles. The van der Waals surface area contributed by atoms with Crippen LogP contribution < -0.4 is 5.32 Å². The second-order valence-electron chi connectivity index (χ2n) is 5.59. The molecule has 2 rings (SSSR count). The maximum atomic E-state index is 5.40. The third kappa shape index (κ3) is 3.44. The molecule has 3 unspecified atom stereocenters. The summed E-state index contributed by atoms with van der Waals surface area (Å²) in [6.45, 7) is 7.95. The zero-order chi connectivity index (χ0) is 11.4. The fourth-order valence-corrected chi connectivity index (χ4v) is 2.88. The summed E-state index contributed by atoms with van der Waals surface area (Å²) in [5.41, 5.74) is 0. The van der Waals surface area contributed by atoms with Gasteiger partial charge in [0.05, 0.1) is 6.61 Å². The molecule has 0 aromatic carbocycles. The summed E-state index contributed by atoms with van der Waals surface area (Å²) >= 11 is 0. The van der Waals surface area contributed by atoms with Crippen LogP contribution in [0.2, 0.25) is 0 Å². The van der Waals surface area contributed by atoms with Crippen molar-refractivity contribution in [1.29, 1.82) is 0 Å². The van der Waals surface area contributed by atoms with Gasteiger partial charge in [0.25, 0.3) is 0 Å². The first-order chi connectivity index (χ1) is 7.75. The van der Waals surface area contributed by atoms with Crippen LogP contribution in [-0.2, 0) is 4.74 Å². The monoisotopic (exact) mass is 226 g/mol. The van der Waals surface area contributed by atoms with Crippen molar-refractivity contribution >= 4 is 0 Å². The first kappa shape index (κ1) is 12.3. The van der Waals surface area contributed by atoms with Crippen LogP contribution in [-0.4, -0.2) is 50.8 Å². The van der Waals surface area contributed by atoms with E-state index in [-0.39, 0.29) is 0 Å². The van der Waals surface area contributed by atoms with Gasteiger partial charge in [-0.15, -0.1) is 0 Å². The van der Waals surface area contributed by atoms with Gasteiger partial charge < -0.3 is 15.0 Å². The Morgan fingerprint density at radius 3 is 3.00 bits per heavy atom. The number of rotatable bonds is 4. The van der Waals surface area contributed by atoms with Gasteiger partial charge in [0.2, 0.25) is 0 Å². The molecule has 0 aliphatic carbocycles. The number of hydrogen-bond acceptors (Lipinski definition) is 3. The van der Waals surface area contributed by atoms with Crippen molar-refractivity contribution in [3.8, 4) is 0 Å². The molecule has 0 aromatic heterocycles. The van der Waals surface area contributed by atoms with Gasteiger partial charge in [0, 0.05) is 25.7 Å². The highest BCUT2D eigenvalue weighted by atomic mass is 16.5. The summed E-state index contributed by atoms with van der Waals surface area (Å²) in [4.78, 5) is 2.46. The Hall–Kier alpha value is -0.120. The Labute approximate surface area is 99.5 Å². The van der Waals surface area contributed by atoms with Crippen LogP contribution in [0, 0.1) is 11.8 Å². The highest BCUT2D eigenvalue weighted by Gasteiger charge is 2.23. The van der Waals surface area contributed by atoms with Crippen LogP contribution in [0.1, 0.15) is 26.2 Å². The van der Waals surface area contributed by atoms with Crippen molar-refractivity contribution in [3.05, 3.63) is 0 Å². The molecule has 0 amide bonds. The van der Waals surface area contributed by atoms with Crippen LogP contribution in [0.25, 0.3) is 0 Å². The molecule has 0 saturated carbocycles. The predicted octanol–water partition coefficient (Wildman–Crippen LogP) is 1.34. The Balaban J connectivity index is 1.67. The molecule has 3 heteroatoms. The normalized spacial score (nSPS) is 34.1. The lowest BCUT2D eigenvalue weighted by molar-refractivity contribution is 0.168. The van der Waals surface area contributed by atoms with Gasteiger partial charge in [-0.05, 0) is 51.6 Å². The fourth-order valence-electron chi connectivity index (χ4n) is 2.88. The quantitative estimate of drug-likeness (QED) is 0.783. The van der Waals surface area contributed by atoms with Gasteiger partial charge in [-0.3, -0.25) is 0 Å². The number of nitrogens with one attached hydrogen (secondary N) is 1. The predicted molar refractivity (Wildman–Crippen MR) is 66.6 cm³/mol. The summed E-state index contributed by atoms with van der Waals surface area (Å²) in [7, 11) is 2.24. The van der Waals surface area contributed by atoms with E-state index in [1.165, 1.54) is 32.4 Å². The molecule has 2 aliphatic heterocycles. The van der Waals surface area contributed by atoms with E-state index in [9.17, 15) is 0 Å². The van der Waals surface area contributed by atoms with Gasteiger partial charge in [-0.25, -0.2) is 0 Å². The molecular weight excluding hydrogens is 200 g/mol. The van der Waals surface area contributed by atoms with Crippen LogP contribution in [0.4, 0.5) is 0 Å². The van der Waals surface area contributed by atoms with Crippen LogP contribution in [0.15, 0.2) is 0 Å². The number of hydrogen-bond donors (Lipinski definition) is 1. The molecule has 0 bridgehead atoms. The average molecular weight is 226 g/mol. The van der Waals surface area contributed by atoms with E-state index in [4.69, 9.17) is 4.74 Å². The SMILES string of the molecule is CC(NCC1CCOC1)C1CCCN(C)C1. The van der Waals surface area contributed by atoms with Crippen LogP contribution >= 0.6 is 0 Å². The lowest BCUT2D eigenvalue weighted by Crippen LogP contribution is -2.44. The van der Waals surface area contributed by atoms with E-state index >= 15 is 0 Å². The number of nitrogens with zero attached hydrogens (tertiary/aromatic N) is 1. The summed E-state index contributed by atoms with van der Waals surface area (Å²) in [6.07, 6.45) is 3.99. The van der Waals surface area contributed by atoms with E-state index < -0.39 is 0 Å². The molecule has 2 fully saturated rings. The lowest BCUT2D eigenvalue weighted by Gasteiger charge is -2.34. The smallest absolute Gasteiger partial charge is 0.0507 e. The zero-order valence-corrected chi connectivity index (χ0v) is 10.7. The van der Waals surface area contributed by atoms with E-state index in [0.29, 0.717) is 6.04 Å². The Morgan fingerprint density at radius 1 is 1.44 bits per heavy atom. The standard InChI is InChI=1S/C13H26N2O/c1-11(13-4-3-6-15(2)9-13)14-8-12-5-7-16-10-12/h11-14H,3-10H2,1-2H3. The van der Waals surface area contributed by atoms with Crippen molar-refractivity contribution in [2.24, 2.45) is 11.8 Å². The molecular formula is C13H26N2O. The molecule has 1 N–H and O–H groups in total. The van der Waals surface area contributed by atoms with Crippen molar-refractivity contribution in [3.63, 3.8) is 0 Å². The van der Waals surface area contributed by atoms with Gasteiger partial charge in [0.15, 0.2) is 0 Å². The van der Waals surface area contributed by atoms with E-state index in [0.717, 1.165) is 31.6 Å². The van der Waals surface area contributed by atoms with Crippen molar-refractivity contribution in [1.82, 2.24) is 10.2 Å². The third-order valence-corrected chi connectivity index (χ3v) is 4.12. The average Bonchev–Trinajstić information content (AvgIpc) is 2.78. The van der Waals surface area contributed by atoms with Crippen molar-refractivity contribution < 1.29 is 4.74 Å².